The molecule has 0 saturated carbocycles. The molecular formula is C39H40O5. The summed E-state index contributed by atoms with van der Waals surface area (Å²) in [7, 11) is 0. The van der Waals surface area contributed by atoms with Crippen molar-refractivity contribution >= 4 is 32.3 Å². The van der Waals surface area contributed by atoms with Crippen LogP contribution >= 0.6 is 0 Å². The molecule has 3 aliphatic rings. The second-order valence-corrected chi connectivity index (χ2v) is 14.3. The van der Waals surface area contributed by atoms with Gasteiger partial charge in [-0.15, -0.1) is 0 Å². The molecule has 5 aromatic carbocycles. The molecule has 0 aliphatic carbocycles. The maximum Gasteiger partial charge on any atom is 0.135 e. The fourth-order valence-electron chi connectivity index (χ4n) is 7.54. The number of rotatable bonds is 8. The first-order valence-corrected chi connectivity index (χ1v) is 15.8. The summed E-state index contributed by atoms with van der Waals surface area (Å²) in [5, 5.41) is 6.87. The molecule has 0 aromatic heterocycles. The van der Waals surface area contributed by atoms with Crippen molar-refractivity contribution in [2.45, 2.75) is 33.8 Å². The smallest absolute Gasteiger partial charge is 0.135 e. The van der Waals surface area contributed by atoms with Gasteiger partial charge >= 0.3 is 0 Å². The number of benzene rings is 5. The van der Waals surface area contributed by atoms with E-state index in [0.29, 0.717) is 33.0 Å². The van der Waals surface area contributed by atoms with E-state index in [4.69, 9.17) is 23.7 Å². The third kappa shape index (κ3) is 4.32. The molecule has 0 atom stereocenters. The highest BCUT2D eigenvalue weighted by molar-refractivity contribution is 6.19. The van der Waals surface area contributed by atoms with Gasteiger partial charge in [0, 0.05) is 32.7 Å². The third-order valence-corrected chi connectivity index (χ3v) is 10.1. The van der Waals surface area contributed by atoms with E-state index in [1.165, 1.54) is 16.5 Å². The van der Waals surface area contributed by atoms with E-state index in [-0.39, 0.29) is 22.3 Å². The molecule has 0 radical (unpaired) electrons. The Hall–Kier alpha value is -3.64. The predicted octanol–water partition coefficient (Wildman–Crippen LogP) is 8.36. The standard InChI is InChI=1S/C39H40O5/c1-25-10-9-15-30-32(25)35(43-20-37(2)18-40-19-37)29-14-8-7-13-28(29)33(30)31-17-16-26-11-5-6-12-27(26)34(31)44-36(38(3)21-41-22-38)39(4)23-42-24-39/h5-17,36H,18-24H2,1-4H3. The van der Waals surface area contributed by atoms with E-state index in [0.717, 1.165) is 57.2 Å². The van der Waals surface area contributed by atoms with Crippen LogP contribution in [-0.2, 0) is 14.2 Å². The van der Waals surface area contributed by atoms with Crippen LogP contribution in [0, 0.1) is 23.2 Å². The molecule has 0 N–H and O–H groups in total. The van der Waals surface area contributed by atoms with Gasteiger partial charge in [0.2, 0.25) is 0 Å². The first-order valence-electron chi connectivity index (χ1n) is 15.8. The van der Waals surface area contributed by atoms with Gasteiger partial charge in [-0.05, 0) is 34.7 Å². The maximum absolute atomic E-state index is 7.39. The molecule has 3 aliphatic heterocycles. The Morgan fingerprint density at radius 1 is 0.636 bits per heavy atom. The minimum atomic E-state index is -0.0908. The summed E-state index contributed by atoms with van der Waals surface area (Å²) in [6.07, 6.45) is -0.0608. The molecule has 44 heavy (non-hydrogen) atoms. The van der Waals surface area contributed by atoms with Gasteiger partial charge < -0.3 is 23.7 Å². The average Bonchev–Trinajstić information content (AvgIpc) is 2.99. The van der Waals surface area contributed by atoms with Crippen LogP contribution in [0.4, 0.5) is 0 Å². The van der Waals surface area contributed by atoms with Crippen LogP contribution in [0.3, 0.4) is 0 Å². The second-order valence-electron chi connectivity index (χ2n) is 14.3. The zero-order valence-electron chi connectivity index (χ0n) is 26.1. The van der Waals surface area contributed by atoms with Crippen LogP contribution in [0.5, 0.6) is 11.5 Å². The zero-order chi connectivity index (χ0) is 30.1. The highest BCUT2D eigenvalue weighted by atomic mass is 16.5. The van der Waals surface area contributed by atoms with E-state index >= 15 is 0 Å². The molecule has 226 valence electrons. The lowest BCUT2D eigenvalue weighted by Crippen LogP contribution is -2.63. The Bertz CT molecular complexity index is 1880. The van der Waals surface area contributed by atoms with Crippen LogP contribution in [0.25, 0.3) is 43.4 Å². The highest BCUT2D eigenvalue weighted by Crippen LogP contribution is 2.52. The molecule has 3 fully saturated rings. The van der Waals surface area contributed by atoms with Crippen LogP contribution in [0.15, 0.2) is 78.9 Å². The molecule has 3 heterocycles. The van der Waals surface area contributed by atoms with Crippen molar-refractivity contribution in [3.63, 3.8) is 0 Å². The number of hydrogen-bond donors (Lipinski definition) is 0. The maximum atomic E-state index is 7.39. The number of ether oxygens (including phenoxy) is 5. The number of hydrogen-bond acceptors (Lipinski definition) is 5. The first kappa shape index (κ1) is 27.9. The van der Waals surface area contributed by atoms with Crippen LogP contribution in [0.2, 0.25) is 0 Å². The molecule has 0 spiro atoms. The highest BCUT2D eigenvalue weighted by Gasteiger charge is 2.55. The summed E-state index contributed by atoms with van der Waals surface area (Å²) in [6.45, 7) is 13.8. The largest absolute Gasteiger partial charge is 0.492 e. The van der Waals surface area contributed by atoms with Crippen molar-refractivity contribution in [2.75, 3.05) is 46.2 Å². The quantitative estimate of drug-likeness (QED) is 0.171. The Morgan fingerprint density at radius 3 is 1.89 bits per heavy atom. The Morgan fingerprint density at radius 2 is 1.25 bits per heavy atom. The third-order valence-electron chi connectivity index (χ3n) is 10.1. The molecule has 5 heteroatoms. The summed E-state index contributed by atoms with van der Waals surface area (Å²) in [5.41, 5.74) is 3.32. The molecule has 8 rings (SSSR count). The van der Waals surface area contributed by atoms with Crippen molar-refractivity contribution in [3.05, 3.63) is 84.4 Å². The minimum absolute atomic E-state index is 0.0336. The van der Waals surface area contributed by atoms with Gasteiger partial charge in [-0.2, -0.15) is 0 Å². The zero-order valence-corrected chi connectivity index (χ0v) is 26.1. The van der Waals surface area contributed by atoms with Crippen LogP contribution in [0.1, 0.15) is 26.3 Å². The van der Waals surface area contributed by atoms with E-state index in [1.807, 2.05) is 0 Å². The lowest BCUT2D eigenvalue weighted by molar-refractivity contribution is -0.236. The second kappa shape index (κ2) is 10.2. The topological polar surface area (TPSA) is 46.2 Å². The van der Waals surface area contributed by atoms with Gasteiger partial charge in [0.1, 0.15) is 17.6 Å². The van der Waals surface area contributed by atoms with E-state index < -0.39 is 0 Å². The van der Waals surface area contributed by atoms with Crippen molar-refractivity contribution in [2.24, 2.45) is 16.2 Å². The Kier molecular flexibility index (Phi) is 6.46. The first-order chi connectivity index (χ1) is 21.3. The van der Waals surface area contributed by atoms with E-state index in [9.17, 15) is 0 Å². The van der Waals surface area contributed by atoms with Gasteiger partial charge in [-0.1, -0.05) is 93.6 Å². The van der Waals surface area contributed by atoms with Gasteiger partial charge in [-0.3, -0.25) is 0 Å². The summed E-state index contributed by atoms with van der Waals surface area (Å²) < 4.78 is 31.3. The molecule has 5 nitrogen and oxygen atoms in total. The van der Waals surface area contributed by atoms with E-state index in [2.05, 4.69) is 107 Å². The van der Waals surface area contributed by atoms with E-state index in [1.54, 1.807) is 0 Å². The Balaban J connectivity index is 1.39. The fraction of sp³-hybridized carbons (Fsp3) is 0.385. The van der Waals surface area contributed by atoms with Crippen LogP contribution in [-0.4, -0.2) is 52.4 Å². The Labute approximate surface area is 259 Å². The molecule has 3 saturated heterocycles. The average molecular weight is 589 g/mol. The predicted molar refractivity (Wildman–Crippen MR) is 176 cm³/mol. The lowest BCUT2D eigenvalue weighted by atomic mass is 9.67. The van der Waals surface area contributed by atoms with Crippen molar-refractivity contribution < 1.29 is 23.7 Å². The molecule has 5 aromatic rings. The van der Waals surface area contributed by atoms with Gasteiger partial charge in [0.05, 0.1) is 57.1 Å². The summed E-state index contributed by atoms with van der Waals surface area (Å²) in [6, 6.07) is 28.3. The fourth-order valence-corrected chi connectivity index (χ4v) is 7.54. The summed E-state index contributed by atoms with van der Waals surface area (Å²) in [5.74, 6) is 1.88. The molecule has 0 bridgehead atoms. The van der Waals surface area contributed by atoms with Gasteiger partial charge in [0.15, 0.2) is 0 Å². The number of fused-ring (bicyclic) bond motifs is 3. The summed E-state index contributed by atoms with van der Waals surface area (Å²) in [4.78, 5) is 0. The molecule has 0 amide bonds. The molecular weight excluding hydrogens is 548 g/mol. The SMILES string of the molecule is Cc1cccc2c(-c3ccc4ccccc4c3OC(C3(C)COC3)C3(C)COC3)c3ccccc3c(OCC3(C)COC3)c12. The summed E-state index contributed by atoms with van der Waals surface area (Å²) >= 11 is 0. The minimum Gasteiger partial charge on any atom is -0.492 e. The number of aryl methyl sites for hydroxylation is 1. The van der Waals surface area contributed by atoms with Gasteiger partial charge in [0.25, 0.3) is 0 Å². The van der Waals surface area contributed by atoms with Gasteiger partial charge in [-0.25, -0.2) is 0 Å². The van der Waals surface area contributed by atoms with Crippen molar-refractivity contribution in [3.8, 4) is 22.6 Å². The van der Waals surface area contributed by atoms with Crippen molar-refractivity contribution in [1.29, 1.82) is 0 Å². The van der Waals surface area contributed by atoms with Crippen molar-refractivity contribution in [1.82, 2.24) is 0 Å². The van der Waals surface area contributed by atoms with Crippen LogP contribution < -0.4 is 9.47 Å². The monoisotopic (exact) mass is 588 g/mol. The normalized spacial score (nSPS) is 19.8. The lowest BCUT2D eigenvalue weighted by Gasteiger charge is -2.54. The molecule has 0 unspecified atom stereocenters.